The number of amides is 1. The molecule has 0 aliphatic carbocycles. The van der Waals surface area contributed by atoms with E-state index in [1.807, 2.05) is 23.1 Å². The third-order valence-electron chi connectivity index (χ3n) is 4.51. The van der Waals surface area contributed by atoms with E-state index < -0.39 is 0 Å². The number of halogens is 1. The first-order valence-electron chi connectivity index (χ1n) is 8.34. The zero-order valence-electron chi connectivity index (χ0n) is 14.6. The van der Waals surface area contributed by atoms with E-state index in [9.17, 15) is 4.79 Å². The summed E-state index contributed by atoms with van der Waals surface area (Å²) in [6.07, 6.45) is 1.15. The van der Waals surface area contributed by atoms with Crippen LogP contribution in [0.25, 0.3) is 0 Å². The molecule has 4 nitrogen and oxygen atoms in total. The number of rotatable bonds is 5. The average Bonchev–Trinajstić information content (AvgIpc) is 2.49. The van der Waals surface area contributed by atoms with Gasteiger partial charge in [0.25, 0.3) is 5.91 Å². The summed E-state index contributed by atoms with van der Waals surface area (Å²) < 4.78 is 0. The van der Waals surface area contributed by atoms with Crippen LogP contribution in [0.15, 0.2) is 24.3 Å². The second-order valence-electron chi connectivity index (χ2n) is 6.78. The van der Waals surface area contributed by atoms with Gasteiger partial charge in [-0.1, -0.05) is 23.7 Å². The van der Waals surface area contributed by atoms with Crippen molar-refractivity contribution in [1.29, 1.82) is 0 Å². The highest BCUT2D eigenvalue weighted by atomic mass is 35.5. The summed E-state index contributed by atoms with van der Waals surface area (Å²) in [6.45, 7) is 8.11. The topological polar surface area (TPSA) is 26.8 Å². The molecule has 0 saturated carbocycles. The van der Waals surface area contributed by atoms with Crippen LogP contribution in [0.4, 0.5) is 0 Å². The van der Waals surface area contributed by atoms with Crippen molar-refractivity contribution in [3.63, 3.8) is 0 Å². The molecule has 1 aromatic rings. The zero-order valence-corrected chi connectivity index (χ0v) is 15.4. The molecule has 1 fully saturated rings. The van der Waals surface area contributed by atoms with Crippen molar-refractivity contribution in [1.82, 2.24) is 14.7 Å². The third kappa shape index (κ3) is 4.69. The first-order valence-corrected chi connectivity index (χ1v) is 8.72. The van der Waals surface area contributed by atoms with E-state index in [0.29, 0.717) is 22.7 Å². The van der Waals surface area contributed by atoms with Gasteiger partial charge in [-0.3, -0.25) is 9.69 Å². The molecular formula is C18H28ClN3O. The minimum absolute atomic E-state index is 0.0437. The smallest absolute Gasteiger partial charge is 0.255 e. The Morgan fingerprint density at radius 1 is 1.22 bits per heavy atom. The molecule has 1 heterocycles. The first-order chi connectivity index (χ1) is 10.9. The maximum Gasteiger partial charge on any atom is 0.255 e. The molecule has 1 saturated heterocycles. The number of carbonyl (C=O) groups is 1. The van der Waals surface area contributed by atoms with Crippen molar-refractivity contribution in [2.75, 3.05) is 40.3 Å². The fourth-order valence-electron chi connectivity index (χ4n) is 3.34. The molecule has 0 aromatic heterocycles. The highest BCUT2D eigenvalue weighted by Gasteiger charge is 2.32. The van der Waals surface area contributed by atoms with Crippen molar-refractivity contribution in [2.45, 2.75) is 32.4 Å². The quantitative estimate of drug-likeness (QED) is 0.826. The van der Waals surface area contributed by atoms with Crippen molar-refractivity contribution < 1.29 is 4.79 Å². The number of hydrogen-bond donors (Lipinski definition) is 0. The molecular weight excluding hydrogens is 310 g/mol. The number of benzene rings is 1. The summed E-state index contributed by atoms with van der Waals surface area (Å²) in [6, 6.07) is 8.04. The Morgan fingerprint density at radius 3 is 2.39 bits per heavy atom. The van der Waals surface area contributed by atoms with Crippen LogP contribution >= 0.6 is 11.6 Å². The summed E-state index contributed by atoms with van der Waals surface area (Å²) >= 11 is 6.18. The minimum Gasteiger partial charge on any atom is -0.335 e. The van der Waals surface area contributed by atoms with Gasteiger partial charge in [0.15, 0.2) is 0 Å². The lowest BCUT2D eigenvalue weighted by molar-refractivity contribution is 0.0295. The molecule has 128 valence electrons. The lowest BCUT2D eigenvalue weighted by Crippen LogP contribution is -2.58. The third-order valence-corrected chi connectivity index (χ3v) is 4.84. The van der Waals surface area contributed by atoms with Crippen LogP contribution in [0.5, 0.6) is 0 Å². The van der Waals surface area contributed by atoms with E-state index in [1.54, 1.807) is 6.07 Å². The van der Waals surface area contributed by atoms with Gasteiger partial charge < -0.3 is 9.80 Å². The number of carbonyl (C=O) groups excluding carboxylic acids is 1. The Bertz CT molecular complexity index is 523. The first kappa shape index (κ1) is 18.2. The van der Waals surface area contributed by atoms with Gasteiger partial charge in [-0.05, 0) is 53.0 Å². The van der Waals surface area contributed by atoms with Crippen molar-refractivity contribution in [3.8, 4) is 0 Å². The summed E-state index contributed by atoms with van der Waals surface area (Å²) in [4.78, 5) is 19.4. The molecule has 0 N–H and O–H groups in total. The highest BCUT2D eigenvalue weighted by molar-refractivity contribution is 6.33. The fraction of sp³-hybridized carbons (Fsp3) is 0.611. The van der Waals surface area contributed by atoms with Crippen LogP contribution in [0, 0.1) is 0 Å². The Labute approximate surface area is 145 Å². The lowest BCUT2D eigenvalue weighted by atomic mass is 10.1. The van der Waals surface area contributed by atoms with Gasteiger partial charge in [0.2, 0.25) is 0 Å². The summed E-state index contributed by atoms with van der Waals surface area (Å²) in [5.74, 6) is 0.0437. The van der Waals surface area contributed by atoms with Crippen molar-refractivity contribution in [3.05, 3.63) is 34.9 Å². The van der Waals surface area contributed by atoms with Gasteiger partial charge >= 0.3 is 0 Å². The van der Waals surface area contributed by atoms with Gasteiger partial charge in [0.05, 0.1) is 10.6 Å². The molecule has 0 spiro atoms. The summed E-state index contributed by atoms with van der Waals surface area (Å²) in [7, 11) is 4.21. The molecule has 2 rings (SSSR count). The lowest BCUT2D eigenvalue weighted by Gasteiger charge is -2.44. The Hall–Kier alpha value is -1.10. The molecule has 1 amide bonds. The molecule has 1 aromatic carbocycles. The van der Waals surface area contributed by atoms with E-state index in [-0.39, 0.29) is 5.91 Å². The van der Waals surface area contributed by atoms with Gasteiger partial charge in [0, 0.05) is 31.7 Å². The van der Waals surface area contributed by atoms with Crippen LogP contribution in [-0.4, -0.2) is 73.0 Å². The predicted octanol–water partition coefficient (Wildman–Crippen LogP) is 2.83. The van der Waals surface area contributed by atoms with E-state index in [1.165, 1.54) is 0 Å². The predicted molar refractivity (Wildman–Crippen MR) is 96.2 cm³/mol. The Morgan fingerprint density at radius 2 is 1.83 bits per heavy atom. The fourth-order valence-corrected chi connectivity index (χ4v) is 3.55. The minimum atomic E-state index is 0.0437. The Balaban J connectivity index is 1.98. The molecule has 1 aliphatic rings. The SMILES string of the molecule is CC1CN(C(=O)c2ccccc2Cl)CC(C)N1CCCN(C)C. The van der Waals surface area contributed by atoms with E-state index in [2.05, 4.69) is 37.7 Å². The van der Waals surface area contributed by atoms with Gasteiger partial charge in [-0.25, -0.2) is 0 Å². The van der Waals surface area contributed by atoms with Gasteiger partial charge in [-0.15, -0.1) is 0 Å². The largest absolute Gasteiger partial charge is 0.335 e. The second-order valence-corrected chi connectivity index (χ2v) is 7.19. The monoisotopic (exact) mass is 337 g/mol. The van der Waals surface area contributed by atoms with Crippen molar-refractivity contribution >= 4 is 17.5 Å². The van der Waals surface area contributed by atoms with Crippen molar-refractivity contribution in [2.24, 2.45) is 0 Å². The van der Waals surface area contributed by atoms with Crippen LogP contribution in [0.2, 0.25) is 5.02 Å². The normalized spacial score (nSPS) is 22.6. The van der Waals surface area contributed by atoms with Crippen LogP contribution < -0.4 is 0 Å². The molecule has 0 radical (unpaired) electrons. The second kappa shape index (κ2) is 8.13. The van der Waals surface area contributed by atoms with Crippen LogP contribution in [0.1, 0.15) is 30.6 Å². The molecule has 23 heavy (non-hydrogen) atoms. The van der Waals surface area contributed by atoms with E-state index >= 15 is 0 Å². The average molecular weight is 338 g/mol. The van der Waals surface area contributed by atoms with Gasteiger partial charge in [-0.2, -0.15) is 0 Å². The molecule has 5 heteroatoms. The summed E-state index contributed by atoms with van der Waals surface area (Å²) in [5, 5.41) is 0.534. The molecule has 0 bridgehead atoms. The molecule has 1 aliphatic heterocycles. The van der Waals surface area contributed by atoms with Crippen LogP contribution in [0.3, 0.4) is 0 Å². The van der Waals surface area contributed by atoms with Crippen LogP contribution in [-0.2, 0) is 0 Å². The van der Waals surface area contributed by atoms with E-state index in [0.717, 1.165) is 32.6 Å². The standard InChI is InChI=1S/C18H28ClN3O/c1-14-12-21(18(23)16-8-5-6-9-17(16)19)13-15(2)22(14)11-7-10-20(3)4/h5-6,8-9,14-15H,7,10-13H2,1-4H3. The molecule has 2 atom stereocenters. The Kier molecular flexibility index (Phi) is 6.45. The maximum absolute atomic E-state index is 12.7. The van der Waals surface area contributed by atoms with Gasteiger partial charge in [0.1, 0.15) is 0 Å². The highest BCUT2D eigenvalue weighted by Crippen LogP contribution is 2.22. The zero-order chi connectivity index (χ0) is 17.0. The number of hydrogen-bond acceptors (Lipinski definition) is 3. The maximum atomic E-state index is 12.7. The molecule has 2 unspecified atom stereocenters. The summed E-state index contributed by atoms with van der Waals surface area (Å²) in [5.41, 5.74) is 0.606. The number of piperazine rings is 1. The van der Waals surface area contributed by atoms with E-state index in [4.69, 9.17) is 11.6 Å². The number of nitrogens with zero attached hydrogens (tertiary/aromatic N) is 3.